The monoisotopic (exact) mass is 321 g/mol. The summed E-state index contributed by atoms with van der Waals surface area (Å²) >= 11 is 0. The second-order valence-corrected chi connectivity index (χ2v) is 7.51. The summed E-state index contributed by atoms with van der Waals surface area (Å²) in [7, 11) is 0. The second kappa shape index (κ2) is 7.93. The number of piperidine rings is 1. The van der Waals surface area contributed by atoms with Crippen molar-refractivity contribution in [1.29, 1.82) is 0 Å². The molecule has 1 aliphatic heterocycles. The van der Waals surface area contributed by atoms with Crippen LogP contribution < -0.4 is 11.1 Å². The average molecular weight is 321 g/mol. The molecule has 130 valence electrons. The van der Waals surface area contributed by atoms with Crippen molar-refractivity contribution in [2.24, 2.45) is 11.7 Å². The Labute approximate surface area is 139 Å². The van der Waals surface area contributed by atoms with Crippen molar-refractivity contribution in [3.8, 4) is 0 Å². The van der Waals surface area contributed by atoms with E-state index in [1.54, 1.807) is 0 Å². The number of hydrogen-bond acceptors (Lipinski definition) is 4. The Morgan fingerprint density at radius 2 is 2.09 bits per heavy atom. The van der Waals surface area contributed by atoms with Crippen LogP contribution in [0.15, 0.2) is 12.4 Å². The molecule has 2 heterocycles. The molecule has 0 bridgehead atoms. The van der Waals surface area contributed by atoms with Crippen molar-refractivity contribution in [2.45, 2.75) is 52.1 Å². The van der Waals surface area contributed by atoms with Crippen molar-refractivity contribution in [2.75, 3.05) is 26.2 Å². The first kappa shape index (κ1) is 17.9. The van der Waals surface area contributed by atoms with Gasteiger partial charge in [-0.25, -0.2) is 0 Å². The van der Waals surface area contributed by atoms with Gasteiger partial charge in [-0.3, -0.25) is 9.48 Å². The van der Waals surface area contributed by atoms with Gasteiger partial charge in [0.1, 0.15) is 0 Å². The highest BCUT2D eigenvalue weighted by molar-refractivity contribution is 5.76. The van der Waals surface area contributed by atoms with Gasteiger partial charge in [0.2, 0.25) is 5.91 Å². The minimum absolute atomic E-state index is 0.0370. The summed E-state index contributed by atoms with van der Waals surface area (Å²) in [5.41, 5.74) is 6.62. The summed E-state index contributed by atoms with van der Waals surface area (Å²) in [6.07, 6.45) is 6.99. The number of rotatable bonds is 7. The molecule has 1 amide bonds. The van der Waals surface area contributed by atoms with Crippen molar-refractivity contribution in [1.82, 2.24) is 20.0 Å². The van der Waals surface area contributed by atoms with Gasteiger partial charge in [0.25, 0.3) is 0 Å². The molecule has 0 saturated carbocycles. The van der Waals surface area contributed by atoms with Gasteiger partial charge in [-0.15, -0.1) is 0 Å². The fraction of sp³-hybridized carbons (Fsp3) is 0.765. The SMILES string of the molecule is CC(C)(C)n1cc(CNCCCN2CCC(C(N)=O)CC2)cn1. The Morgan fingerprint density at radius 1 is 1.39 bits per heavy atom. The highest BCUT2D eigenvalue weighted by Crippen LogP contribution is 2.16. The molecular weight excluding hydrogens is 290 g/mol. The lowest BCUT2D eigenvalue weighted by atomic mass is 9.96. The zero-order valence-electron chi connectivity index (χ0n) is 14.7. The quantitative estimate of drug-likeness (QED) is 0.743. The molecule has 0 unspecified atom stereocenters. The Kier molecular flexibility index (Phi) is 6.18. The third-order valence-corrected chi connectivity index (χ3v) is 4.47. The highest BCUT2D eigenvalue weighted by atomic mass is 16.1. The van der Waals surface area contributed by atoms with E-state index in [1.807, 2.05) is 10.9 Å². The van der Waals surface area contributed by atoms with Gasteiger partial charge in [0, 0.05) is 24.2 Å². The number of nitrogens with one attached hydrogen (secondary N) is 1. The molecule has 0 aliphatic carbocycles. The van der Waals surface area contributed by atoms with Crippen LogP contribution in [0.25, 0.3) is 0 Å². The number of likely N-dealkylation sites (tertiary alicyclic amines) is 1. The van der Waals surface area contributed by atoms with Gasteiger partial charge in [0.15, 0.2) is 0 Å². The van der Waals surface area contributed by atoms with E-state index in [-0.39, 0.29) is 17.4 Å². The molecule has 1 aromatic heterocycles. The molecule has 0 radical (unpaired) electrons. The second-order valence-electron chi connectivity index (χ2n) is 7.51. The van der Waals surface area contributed by atoms with E-state index in [9.17, 15) is 4.79 Å². The van der Waals surface area contributed by atoms with Crippen LogP contribution in [-0.2, 0) is 16.9 Å². The first-order valence-corrected chi connectivity index (χ1v) is 8.62. The molecule has 1 aliphatic rings. The maximum atomic E-state index is 11.1. The van der Waals surface area contributed by atoms with Gasteiger partial charge >= 0.3 is 0 Å². The summed E-state index contributed by atoms with van der Waals surface area (Å²) in [5, 5.41) is 7.89. The molecule has 6 nitrogen and oxygen atoms in total. The van der Waals surface area contributed by atoms with Crippen molar-refractivity contribution < 1.29 is 4.79 Å². The first-order valence-electron chi connectivity index (χ1n) is 8.62. The van der Waals surface area contributed by atoms with E-state index in [0.717, 1.165) is 52.0 Å². The summed E-state index contributed by atoms with van der Waals surface area (Å²) < 4.78 is 2.01. The fourth-order valence-corrected chi connectivity index (χ4v) is 2.92. The Morgan fingerprint density at radius 3 is 2.65 bits per heavy atom. The molecule has 0 atom stereocenters. The Balaban J connectivity index is 1.58. The fourth-order valence-electron chi connectivity index (χ4n) is 2.92. The number of amides is 1. The number of hydrogen-bond donors (Lipinski definition) is 2. The standard InChI is InChI=1S/C17H31N5O/c1-17(2,3)22-13-14(12-20-22)11-19-7-4-8-21-9-5-15(6-10-21)16(18)23/h12-13,15,19H,4-11H2,1-3H3,(H2,18,23). The van der Waals surface area contributed by atoms with E-state index < -0.39 is 0 Å². The molecule has 1 saturated heterocycles. The lowest BCUT2D eigenvalue weighted by Gasteiger charge is -2.30. The molecule has 1 fully saturated rings. The van der Waals surface area contributed by atoms with Crippen LogP contribution in [-0.4, -0.2) is 46.8 Å². The number of aromatic nitrogens is 2. The molecule has 23 heavy (non-hydrogen) atoms. The van der Waals surface area contributed by atoms with Gasteiger partial charge in [0.05, 0.1) is 11.7 Å². The third kappa shape index (κ3) is 5.62. The first-order chi connectivity index (χ1) is 10.9. The highest BCUT2D eigenvalue weighted by Gasteiger charge is 2.22. The minimum atomic E-state index is -0.137. The van der Waals surface area contributed by atoms with Crippen LogP contribution in [0.1, 0.15) is 45.6 Å². The number of primary amides is 1. The summed E-state index contributed by atoms with van der Waals surface area (Å²) in [4.78, 5) is 13.6. The van der Waals surface area contributed by atoms with Crippen LogP contribution in [0.4, 0.5) is 0 Å². The van der Waals surface area contributed by atoms with Crippen molar-refractivity contribution in [3.05, 3.63) is 18.0 Å². The predicted octanol–water partition coefficient (Wildman–Crippen LogP) is 1.32. The maximum Gasteiger partial charge on any atom is 0.220 e. The molecule has 6 heteroatoms. The van der Waals surface area contributed by atoms with E-state index in [2.05, 4.69) is 42.3 Å². The van der Waals surface area contributed by atoms with Crippen LogP contribution in [0.2, 0.25) is 0 Å². The number of nitrogens with zero attached hydrogens (tertiary/aromatic N) is 3. The molecule has 0 spiro atoms. The molecule has 2 rings (SSSR count). The molecular formula is C17H31N5O. The number of carbonyl (C=O) groups is 1. The largest absolute Gasteiger partial charge is 0.369 e. The zero-order valence-corrected chi connectivity index (χ0v) is 14.7. The van der Waals surface area contributed by atoms with Gasteiger partial charge in [-0.05, 0) is 66.2 Å². The lowest BCUT2D eigenvalue weighted by molar-refractivity contribution is -0.123. The van der Waals surface area contributed by atoms with Crippen LogP contribution >= 0.6 is 0 Å². The molecule has 1 aromatic rings. The Hall–Kier alpha value is -1.40. The lowest BCUT2D eigenvalue weighted by Crippen LogP contribution is -2.39. The average Bonchev–Trinajstić information content (AvgIpc) is 2.96. The van der Waals surface area contributed by atoms with Crippen LogP contribution in [0.5, 0.6) is 0 Å². The van der Waals surface area contributed by atoms with Crippen molar-refractivity contribution >= 4 is 5.91 Å². The van der Waals surface area contributed by atoms with E-state index in [0.29, 0.717) is 0 Å². The summed E-state index contributed by atoms with van der Waals surface area (Å²) in [6, 6.07) is 0. The molecule has 3 N–H and O–H groups in total. The maximum absolute atomic E-state index is 11.1. The predicted molar refractivity (Wildman–Crippen MR) is 91.9 cm³/mol. The smallest absolute Gasteiger partial charge is 0.220 e. The van der Waals surface area contributed by atoms with E-state index in [4.69, 9.17) is 5.73 Å². The zero-order chi connectivity index (χ0) is 16.9. The summed E-state index contributed by atoms with van der Waals surface area (Å²) in [5.74, 6) is -0.0501. The van der Waals surface area contributed by atoms with Gasteiger partial charge in [-0.2, -0.15) is 5.10 Å². The number of carbonyl (C=O) groups excluding carboxylic acids is 1. The topological polar surface area (TPSA) is 76.2 Å². The van der Waals surface area contributed by atoms with Crippen molar-refractivity contribution in [3.63, 3.8) is 0 Å². The van der Waals surface area contributed by atoms with Crippen LogP contribution in [0, 0.1) is 5.92 Å². The van der Waals surface area contributed by atoms with E-state index >= 15 is 0 Å². The minimum Gasteiger partial charge on any atom is -0.369 e. The van der Waals surface area contributed by atoms with E-state index in [1.165, 1.54) is 5.56 Å². The molecule has 0 aromatic carbocycles. The van der Waals surface area contributed by atoms with Gasteiger partial charge in [-0.1, -0.05) is 0 Å². The Bertz CT molecular complexity index is 497. The normalized spacial score (nSPS) is 17.5. The van der Waals surface area contributed by atoms with Crippen LogP contribution in [0.3, 0.4) is 0 Å². The number of nitrogens with two attached hydrogens (primary N) is 1. The third-order valence-electron chi connectivity index (χ3n) is 4.47. The van der Waals surface area contributed by atoms with Gasteiger partial charge < -0.3 is 16.0 Å². The summed E-state index contributed by atoms with van der Waals surface area (Å²) in [6.45, 7) is 11.4.